The lowest BCUT2D eigenvalue weighted by atomic mass is 10.3. The van der Waals surface area contributed by atoms with E-state index < -0.39 is 0 Å². The maximum absolute atomic E-state index is 12.1. The molecular formula is C15H19N7OS. The molecule has 0 aliphatic carbocycles. The number of rotatable bonds is 3. The van der Waals surface area contributed by atoms with E-state index in [-0.39, 0.29) is 5.56 Å². The van der Waals surface area contributed by atoms with Crippen LogP contribution in [0.5, 0.6) is 0 Å². The van der Waals surface area contributed by atoms with Gasteiger partial charge in [0.1, 0.15) is 11.2 Å². The highest BCUT2D eigenvalue weighted by Gasteiger charge is 2.20. The molecule has 1 aliphatic rings. The number of thiazole rings is 1. The second kappa shape index (κ2) is 5.99. The van der Waals surface area contributed by atoms with Crippen molar-refractivity contribution in [2.24, 2.45) is 7.05 Å². The lowest BCUT2D eigenvalue weighted by molar-refractivity contribution is 0.244. The molecule has 4 heterocycles. The smallest absolute Gasteiger partial charge is 0.262 e. The highest BCUT2D eigenvalue weighted by Crippen LogP contribution is 2.21. The summed E-state index contributed by atoms with van der Waals surface area (Å²) in [7, 11) is 1.80. The molecule has 0 saturated carbocycles. The van der Waals surface area contributed by atoms with Crippen molar-refractivity contribution in [3.63, 3.8) is 0 Å². The van der Waals surface area contributed by atoms with Crippen LogP contribution in [0.25, 0.3) is 11.0 Å². The fourth-order valence-corrected chi connectivity index (χ4v) is 3.81. The van der Waals surface area contributed by atoms with Crippen molar-refractivity contribution < 1.29 is 0 Å². The number of piperazine rings is 1. The van der Waals surface area contributed by atoms with Gasteiger partial charge in [-0.1, -0.05) is 0 Å². The Hall–Kier alpha value is -2.26. The number of nitrogens with zero attached hydrogens (tertiary/aromatic N) is 6. The average molecular weight is 345 g/mol. The van der Waals surface area contributed by atoms with Gasteiger partial charge in [0.15, 0.2) is 10.8 Å². The molecule has 126 valence electrons. The number of anilines is 1. The number of H-pyrrole nitrogens is 1. The fraction of sp³-hybridized carbons (Fsp3) is 0.467. The van der Waals surface area contributed by atoms with Crippen molar-refractivity contribution in [2.45, 2.75) is 13.5 Å². The van der Waals surface area contributed by atoms with Crippen LogP contribution in [0.3, 0.4) is 0 Å². The summed E-state index contributed by atoms with van der Waals surface area (Å²) in [6.45, 7) is 6.38. The van der Waals surface area contributed by atoms with E-state index in [1.807, 2.05) is 6.92 Å². The van der Waals surface area contributed by atoms with E-state index in [2.05, 4.69) is 35.2 Å². The summed E-state index contributed by atoms with van der Waals surface area (Å²) in [5.74, 6) is 0.689. The molecule has 24 heavy (non-hydrogen) atoms. The van der Waals surface area contributed by atoms with E-state index in [0.717, 1.165) is 37.0 Å². The van der Waals surface area contributed by atoms with Gasteiger partial charge >= 0.3 is 0 Å². The summed E-state index contributed by atoms with van der Waals surface area (Å²) in [6.07, 6.45) is 1.56. The Morgan fingerprint density at radius 1 is 1.25 bits per heavy atom. The number of aromatic nitrogens is 5. The van der Waals surface area contributed by atoms with Gasteiger partial charge in [-0.15, -0.1) is 11.3 Å². The second-order valence-corrected chi connectivity index (χ2v) is 6.89. The normalized spacial score (nSPS) is 16.2. The van der Waals surface area contributed by atoms with Crippen molar-refractivity contribution in [3.8, 4) is 0 Å². The molecule has 1 fully saturated rings. The molecule has 0 bridgehead atoms. The van der Waals surface area contributed by atoms with Gasteiger partial charge in [0, 0.05) is 38.6 Å². The zero-order chi connectivity index (χ0) is 16.7. The number of aryl methyl sites for hydroxylation is 2. The van der Waals surface area contributed by atoms with Gasteiger partial charge < -0.3 is 9.88 Å². The number of hydrogen-bond acceptors (Lipinski definition) is 7. The van der Waals surface area contributed by atoms with Crippen LogP contribution in [-0.2, 0) is 13.6 Å². The highest BCUT2D eigenvalue weighted by atomic mass is 32.1. The average Bonchev–Trinajstić information content (AvgIpc) is 3.15. The minimum absolute atomic E-state index is 0.125. The number of aromatic amines is 1. The zero-order valence-corrected chi connectivity index (χ0v) is 14.5. The lowest BCUT2D eigenvalue weighted by Gasteiger charge is -2.34. The van der Waals surface area contributed by atoms with Crippen LogP contribution < -0.4 is 10.5 Å². The Morgan fingerprint density at radius 3 is 2.75 bits per heavy atom. The third-order valence-corrected chi connectivity index (χ3v) is 5.29. The summed E-state index contributed by atoms with van der Waals surface area (Å²) < 4.78 is 1.64. The van der Waals surface area contributed by atoms with E-state index in [4.69, 9.17) is 0 Å². The molecule has 1 saturated heterocycles. The van der Waals surface area contributed by atoms with E-state index in [1.54, 1.807) is 29.3 Å². The Bertz CT molecular complexity index is 919. The monoisotopic (exact) mass is 345 g/mol. The summed E-state index contributed by atoms with van der Waals surface area (Å²) in [5.41, 5.74) is 1.58. The topological polar surface area (TPSA) is 82.9 Å². The minimum atomic E-state index is -0.125. The molecule has 0 spiro atoms. The first kappa shape index (κ1) is 15.3. The predicted octanol–water partition coefficient (Wildman–Crippen LogP) is 0.744. The quantitative estimate of drug-likeness (QED) is 0.754. The van der Waals surface area contributed by atoms with Crippen molar-refractivity contribution in [3.05, 3.63) is 33.4 Å². The Labute approximate surface area is 142 Å². The third kappa shape index (κ3) is 2.80. The SMILES string of the molecule is Cc1csc(N2CCN(Cc3nc4c(cnn4C)c(=O)[nH]3)CC2)n1. The maximum Gasteiger partial charge on any atom is 0.262 e. The van der Waals surface area contributed by atoms with Crippen molar-refractivity contribution in [2.75, 3.05) is 31.1 Å². The molecule has 0 amide bonds. The van der Waals surface area contributed by atoms with Crippen LogP contribution in [0.1, 0.15) is 11.5 Å². The lowest BCUT2D eigenvalue weighted by Crippen LogP contribution is -2.46. The molecule has 0 radical (unpaired) electrons. The van der Waals surface area contributed by atoms with E-state index in [1.165, 1.54) is 0 Å². The minimum Gasteiger partial charge on any atom is -0.346 e. The van der Waals surface area contributed by atoms with Gasteiger partial charge in [-0.3, -0.25) is 14.4 Å². The Morgan fingerprint density at radius 2 is 2.04 bits per heavy atom. The molecule has 0 atom stereocenters. The molecule has 1 aliphatic heterocycles. The number of hydrogen-bond donors (Lipinski definition) is 1. The molecule has 0 unspecified atom stereocenters. The highest BCUT2D eigenvalue weighted by molar-refractivity contribution is 7.13. The predicted molar refractivity (Wildman–Crippen MR) is 93.5 cm³/mol. The van der Waals surface area contributed by atoms with Crippen molar-refractivity contribution in [1.29, 1.82) is 0 Å². The van der Waals surface area contributed by atoms with Crippen LogP contribution in [-0.4, -0.2) is 55.8 Å². The molecule has 8 nitrogen and oxygen atoms in total. The van der Waals surface area contributed by atoms with Gasteiger partial charge in [0.2, 0.25) is 0 Å². The Kier molecular flexibility index (Phi) is 3.81. The van der Waals surface area contributed by atoms with Crippen LogP contribution in [0.4, 0.5) is 5.13 Å². The summed E-state index contributed by atoms with van der Waals surface area (Å²) in [5, 5.41) is 7.81. The van der Waals surface area contributed by atoms with Gasteiger partial charge in [-0.05, 0) is 6.92 Å². The summed E-state index contributed by atoms with van der Waals surface area (Å²) in [6, 6.07) is 0. The van der Waals surface area contributed by atoms with Crippen molar-refractivity contribution >= 4 is 27.5 Å². The molecule has 1 N–H and O–H groups in total. The first-order chi connectivity index (χ1) is 11.6. The molecule has 9 heteroatoms. The largest absolute Gasteiger partial charge is 0.346 e. The van der Waals surface area contributed by atoms with Crippen LogP contribution >= 0.6 is 11.3 Å². The van der Waals surface area contributed by atoms with E-state index in [9.17, 15) is 4.79 Å². The van der Waals surface area contributed by atoms with Crippen molar-refractivity contribution in [1.82, 2.24) is 29.6 Å². The molecular weight excluding hydrogens is 326 g/mol. The van der Waals surface area contributed by atoms with Gasteiger partial charge in [-0.2, -0.15) is 5.10 Å². The van der Waals surface area contributed by atoms with Gasteiger partial charge in [0.05, 0.1) is 18.4 Å². The summed E-state index contributed by atoms with van der Waals surface area (Å²) >= 11 is 1.69. The number of nitrogens with one attached hydrogen (secondary N) is 1. The molecule has 0 aromatic carbocycles. The van der Waals surface area contributed by atoms with Gasteiger partial charge in [0.25, 0.3) is 5.56 Å². The molecule has 4 rings (SSSR count). The standard InChI is InChI=1S/C15H19N7OS/c1-10-9-24-15(17-10)22-5-3-21(4-6-22)8-12-18-13-11(14(23)19-12)7-16-20(13)2/h7,9H,3-6,8H2,1-2H3,(H,18,19,23). The summed E-state index contributed by atoms with van der Waals surface area (Å²) in [4.78, 5) is 28.7. The van der Waals surface area contributed by atoms with Crippen LogP contribution in [0.2, 0.25) is 0 Å². The first-order valence-electron chi connectivity index (χ1n) is 7.90. The van der Waals surface area contributed by atoms with Crippen LogP contribution in [0, 0.1) is 6.92 Å². The first-order valence-corrected chi connectivity index (χ1v) is 8.78. The van der Waals surface area contributed by atoms with E-state index >= 15 is 0 Å². The zero-order valence-electron chi connectivity index (χ0n) is 13.7. The van der Waals surface area contributed by atoms with Gasteiger partial charge in [-0.25, -0.2) is 9.97 Å². The van der Waals surface area contributed by atoms with E-state index in [0.29, 0.717) is 23.4 Å². The maximum atomic E-state index is 12.1. The second-order valence-electron chi connectivity index (χ2n) is 6.05. The van der Waals surface area contributed by atoms with Crippen LogP contribution in [0.15, 0.2) is 16.4 Å². The number of fused-ring (bicyclic) bond motifs is 1. The fourth-order valence-electron chi connectivity index (χ4n) is 2.95. The molecule has 3 aromatic rings. The molecule has 3 aromatic heterocycles. The Balaban J connectivity index is 1.45. The third-order valence-electron chi connectivity index (χ3n) is 4.27.